The minimum absolute atomic E-state index is 0.122. The predicted molar refractivity (Wildman–Crippen MR) is 96.8 cm³/mol. The lowest BCUT2D eigenvalue weighted by Gasteiger charge is -2.17. The summed E-state index contributed by atoms with van der Waals surface area (Å²) in [5.74, 6) is -0.386. The average Bonchev–Trinajstić information content (AvgIpc) is 2.97. The van der Waals surface area contributed by atoms with Gasteiger partial charge in [0.25, 0.3) is 0 Å². The van der Waals surface area contributed by atoms with Crippen molar-refractivity contribution in [2.75, 3.05) is 0 Å². The van der Waals surface area contributed by atoms with Crippen LogP contribution in [0.3, 0.4) is 0 Å². The zero-order valence-corrected chi connectivity index (χ0v) is 15.8. The molecule has 6 nitrogen and oxygen atoms in total. The van der Waals surface area contributed by atoms with Crippen LogP contribution in [0.25, 0.3) is 5.69 Å². The first-order valence-electron chi connectivity index (χ1n) is 8.32. The van der Waals surface area contributed by atoms with Gasteiger partial charge in [0.2, 0.25) is 0 Å². The number of nitrogens with zero attached hydrogens (tertiary/aromatic N) is 4. The van der Waals surface area contributed by atoms with Crippen molar-refractivity contribution in [1.29, 1.82) is 0 Å². The van der Waals surface area contributed by atoms with Crippen LogP contribution in [0.4, 0.5) is 13.2 Å². The van der Waals surface area contributed by atoms with Crippen LogP contribution in [-0.4, -0.2) is 19.8 Å². The van der Waals surface area contributed by atoms with Crippen LogP contribution in [0.2, 0.25) is 5.02 Å². The SMILES string of the molecule is CCc1cccc(-n2nnn(C)c2=O)c1COc1cc(Cl)ccc1C(F)(F)F. The van der Waals surface area contributed by atoms with Gasteiger partial charge in [-0.05, 0) is 46.7 Å². The Bertz CT molecular complexity index is 1060. The number of benzene rings is 2. The van der Waals surface area contributed by atoms with E-state index in [1.807, 2.05) is 13.0 Å². The highest BCUT2D eigenvalue weighted by Crippen LogP contribution is 2.38. The first-order chi connectivity index (χ1) is 13.2. The van der Waals surface area contributed by atoms with Gasteiger partial charge in [0.1, 0.15) is 12.4 Å². The summed E-state index contributed by atoms with van der Waals surface area (Å²) in [6.45, 7) is 1.69. The van der Waals surface area contributed by atoms with Crippen LogP contribution in [0.1, 0.15) is 23.6 Å². The summed E-state index contributed by atoms with van der Waals surface area (Å²) in [7, 11) is 1.45. The Morgan fingerprint density at radius 1 is 1.18 bits per heavy atom. The summed E-state index contributed by atoms with van der Waals surface area (Å²) in [4.78, 5) is 12.2. The first kappa shape index (κ1) is 19.9. The molecule has 1 aromatic heterocycles. The third-order valence-corrected chi connectivity index (χ3v) is 4.44. The zero-order valence-electron chi connectivity index (χ0n) is 15.0. The molecule has 28 heavy (non-hydrogen) atoms. The van der Waals surface area contributed by atoms with Gasteiger partial charge in [-0.3, -0.25) is 0 Å². The van der Waals surface area contributed by atoms with E-state index in [0.29, 0.717) is 17.7 Å². The quantitative estimate of drug-likeness (QED) is 0.640. The van der Waals surface area contributed by atoms with E-state index in [9.17, 15) is 18.0 Å². The topological polar surface area (TPSA) is 61.9 Å². The molecular weight excluding hydrogens is 397 g/mol. The van der Waals surface area contributed by atoms with Gasteiger partial charge in [0.05, 0.1) is 11.3 Å². The Morgan fingerprint density at radius 2 is 1.93 bits per heavy atom. The van der Waals surface area contributed by atoms with Gasteiger partial charge >= 0.3 is 11.9 Å². The summed E-state index contributed by atoms with van der Waals surface area (Å²) in [5, 5.41) is 7.61. The van der Waals surface area contributed by atoms with Crippen LogP contribution in [-0.2, 0) is 26.3 Å². The maximum Gasteiger partial charge on any atom is 0.419 e. The fraction of sp³-hybridized carbons (Fsp3) is 0.278. The van der Waals surface area contributed by atoms with E-state index in [1.54, 1.807) is 12.1 Å². The molecule has 2 aromatic carbocycles. The lowest BCUT2D eigenvalue weighted by molar-refractivity contribution is -0.139. The molecule has 0 fully saturated rings. The van der Waals surface area contributed by atoms with Gasteiger partial charge in [-0.15, -0.1) is 0 Å². The van der Waals surface area contributed by atoms with Crippen LogP contribution in [0.5, 0.6) is 5.75 Å². The summed E-state index contributed by atoms with van der Waals surface area (Å²) in [5.41, 5.74) is 0.344. The number of hydrogen-bond acceptors (Lipinski definition) is 4. The van der Waals surface area contributed by atoms with E-state index < -0.39 is 17.4 Å². The number of ether oxygens (including phenoxy) is 1. The highest BCUT2D eigenvalue weighted by atomic mass is 35.5. The van der Waals surface area contributed by atoms with Gasteiger partial charge < -0.3 is 4.74 Å². The van der Waals surface area contributed by atoms with Crippen molar-refractivity contribution < 1.29 is 17.9 Å². The van der Waals surface area contributed by atoms with Crippen LogP contribution in [0.15, 0.2) is 41.2 Å². The monoisotopic (exact) mass is 412 g/mol. The first-order valence-corrected chi connectivity index (χ1v) is 8.70. The van der Waals surface area contributed by atoms with Gasteiger partial charge in [-0.25, -0.2) is 4.79 Å². The molecule has 0 bridgehead atoms. The normalized spacial score (nSPS) is 11.6. The number of aryl methyl sites for hydroxylation is 2. The summed E-state index contributed by atoms with van der Waals surface area (Å²) in [6.07, 6.45) is -4.00. The Balaban J connectivity index is 2.04. The van der Waals surface area contributed by atoms with Crippen molar-refractivity contribution >= 4 is 11.6 Å². The lowest BCUT2D eigenvalue weighted by atomic mass is 10.0. The van der Waals surface area contributed by atoms with E-state index >= 15 is 0 Å². The third kappa shape index (κ3) is 3.89. The zero-order chi connectivity index (χ0) is 20.5. The molecular formula is C18H16ClF3N4O2. The minimum atomic E-state index is -4.59. The molecule has 0 aliphatic carbocycles. The van der Waals surface area contributed by atoms with E-state index in [1.165, 1.54) is 7.05 Å². The van der Waals surface area contributed by atoms with Crippen molar-refractivity contribution in [2.45, 2.75) is 26.1 Å². The highest BCUT2D eigenvalue weighted by Gasteiger charge is 2.34. The number of alkyl halides is 3. The molecule has 0 aliphatic rings. The second-order valence-corrected chi connectivity index (χ2v) is 6.43. The van der Waals surface area contributed by atoms with E-state index in [-0.39, 0.29) is 17.4 Å². The molecule has 0 saturated carbocycles. The molecule has 0 N–H and O–H groups in total. The van der Waals surface area contributed by atoms with Crippen molar-refractivity contribution in [1.82, 2.24) is 19.8 Å². The van der Waals surface area contributed by atoms with Crippen LogP contribution < -0.4 is 10.4 Å². The molecule has 3 rings (SSSR count). The smallest absolute Gasteiger partial charge is 0.419 e. The standard InChI is InChI=1S/C18H16ClF3N4O2/c1-3-11-5-4-6-15(26-17(27)25(2)23-24-26)13(11)10-28-16-9-12(19)7-8-14(16)18(20,21)22/h4-9H,3,10H2,1-2H3. The Labute approximate surface area is 163 Å². The second kappa shape index (κ2) is 7.67. The van der Waals surface area contributed by atoms with E-state index in [4.69, 9.17) is 16.3 Å². The molecule has 0 spiro atoms. The molecule has 0 radical (unpaired) electrons. The Hall–Kier alpha value is -2.81. The van der Waals surface area contributed by atoms with Gasteiger partial charge in [0, 0.05) is 17.6 Å². The maximum atomic E-state index is 13.3. The highest BCUT2D eigenvalue weighted by molar-refractivity contribution is 6.30. The largest absolute Gasteiger partial charge is 0.488 e. The Kier molecular flexibility index (Phi) is 5.46. The molecule has 0 aliphatic heterocycles. The average molecular weight is 413 g/mol. The molecule has 148 valence electrons. The molecule has 0 amide bonds. The molecule has 10 heteroatoms. The molecule has 0 unspecified atom stereocenters. The van der Waals surface area contributed by atoms with Gasteiger partial charge in [0.15, 0.2) is 0 Å². The fourth-order valence-corrected chi connectivity index (χ4v) is 2.94. The lowest BCUT2D eigenvalue weighted by Crippen LogP contribution is -2.23. The summed E-state index contributed by atoms with van der Waals surface area (Å²) >= 11 is 5.84. The number of tetrazole rings is 1. The predicted octanol–water partition coefficient (Wildman–Crippen LogP) is 3.78. The van der Waals surface area contributed by atoms with Crippen molar-refractivity contribution in [3.05, 3.63) is 68.6 Å². The summed E-state index contributed by atoms with van der Waals surface area (Å²) in [6, 6.07) is 8.33. The van der Waals surface area contributed by atoms with Gasteiger partial charge in [-0.2, -0.15) is 22.5 Å². The van der Waals surface area contributed by atoms with E-state index in [0.717, 1.165) is 33.1 Å². The maximum absolute atomic E-state index is 13.3. The Morgan fingerprint density at radius 3 is 2.54 bits per heavy atom. The molecule has 0 atom stereocenters. The second-order valence-electron chi connectivity index (χ2n) is 5.99. The van der Waals surface area contributed by atoms with Crippen molar-refractivity contribution in [2.24, 2.45) is 7.05 Å². The van der Waals surface area contributed by atoms with Crippen LogP contribution in [0, 0.1) is 0 Å². The van der Waals surface area contributed by atoms with Crippen molar-refractivity contribution in [3.63, 3.8) is 0 Å². The summed E-state index contributed by atoms with van der Waals surface area (Å²) < 4.78 is 47.4. The van der Waals surface area contributed by atoms with Crippen LogP contribution >= 0.6 is 11.6 Å². The molecule has 3 aromatic rings. The van der Waals surface area contributed by atoms with Crippen molar-refractivity contribution in [3.8, 4) is 11.4 Å². The third-order valence-electron chi connectivity index (χ3n) is 4.20. The fourth-order valence-electron chi connectivity index (χ4n) is 2.78. The van der Waals surface area contributed by atoms with E-state index in [2.05, 4.69) is 10.4 Å². The van der Waals surface area contributed by atoms with Gasteiger partial charge in [-0.1, -0.05) is 30.7 Å². The molecule has 1 heterocycles. The number of hydrogen-bond donors (Lipinski definition) is 0. The number of halogens is 4. The number of rotatable bonds is 5. The molecule has 0 saturated heterocycles. The number of aromatic nitrogens is 4. The minimum Gasteiger partial charge on any atom is -0.488 e.